The number of esters is 1. The SMILES string of the molecule is CC(C)(C)C(=O)OC1CCN(C(C)(C)C)CC1. The Labute approximate surface area is 106 Å². The lowest BCUT2D eigenvalue weighted by Crippen LogP contribution is -2.48. The van der Waals surface area contributed by atoms with E-state index in [1.807, 2.05) is 20.8 Å². The largest absolute Gasteiger partial charge is 0.462 e. The van der Waals surface area contributed by atoms with Gasteiger partial charge in [0.25, 0.3) is 0 Å². The van der Waals surface area contributed by atoms with Gasteiger partial charge in [0, 0.05) is 18.6 Å². The molecule has 3 nitrogen and oxygen atoms in total. The van der Waals surface area contributed by atoms with Crippen molar-refractivity contribution in [2.45, 2.75) is 66.0 Å². The first-order valence-corrected chi connectivity index (χ1v) is 6.57. The van der Waals surface area contributed by atoms with Gasteiger partial charge in [-0.15, -0.1) is 0 Å². The molecule has 0 aromatic heterocycles. The minimum Gasteiger partial charge on any atom is -0.462 e. The number of carbonyl (C=O) groups excluding carboxylic acids is 1. The molecule has 0 amide bonds. The Balaban J connectivity index is 2.41. The van der Waals surface area contributed by atoms with Crippen LogP contribution in [0.4, 0.5) is 0 Å². The van der Waals surface area contributed by atoms with Crippen LogP contribution in [-0.4, -0.2) is 35.6 Å². The van der Waals surface area contributed by atoms with Crippen molar-refractivity contribution in [3.05, 3.63) is 0 Å². The molecule has 1 aliphatic rings. The van der Waals surface area contributed by atoms with Crippen LogP contribution in [0.25, 0.3) is 0 Å². The first kappa shape index (κ1) is 14.5. The van der Waals surface area contributed by atoms with E-state index >= 15 is 0 Å². The van der Waals surface area contributed by atoms with Crippen LogP contribution in [0, 0.1) is 5.41 Å². The van der Waals surface area contributed by atoms with Gasteiger partial charge in [0.2, 0.25) is 0 Å². The highest BCUT2D eigenvalue weighted by Crippen LogP contribution is 2.24. The highest BCUT2D eigenvalue weighted by Gasteiger charge is 2.31. The predicted octanol–water partition coefficient (Wildman–Crippen LogP) is 2.84. The Morgan fingerprint density at radius 2 is 1.53 bits per heavy atom. The molecule has 3 heteroatoms. The van der Waals surface area contributed by atoms with E-state index in [1.165, 1.54) is 0 Å². The van der Waals surface area contributed by atoms with E-state index in [0.29, 0.717) is 0 Å². The van der Waals surface area contributed by atoms with Gasteiger partial charge in [0.1, 0.15) is 6.10 Å². The molecule has 0 aromatic rings. The average molecular weight is 241 g/mol. The monoisotopic (exact) mass is 241 g/mol. The quantitative estimate of drug-likeness (QED) is 0.661. The number of hydrogen-bond donors (Lipinski definition) is 0. The molecule has 0 aliphatic carbocycles. The van der Waals surface area contributed by atoms with E-state index in [2.05, 4.69) is 25.7 Å². The third-order valence-corrected chi connectivity index (χ3v) is 3.28. The number of hydrogen-bond acceptors (Lipinski definition) is 3. The Hall–Kier alpha value is -0.570. The molecule has 1 heterocycles. The van der Waals surface area contributed by atoms with Gasteiger partial charge in [-0.25, -0.2) is 0 Å². The Bertz CT molecular complexity index is 265. The van der Waals surface area contributed by atoms with Crippen molar-refractivity contribution in [2.75, 3.05) is 13.1 Å². The van der Waals surface area contributed by atoms with Crippen molar-refractivity contribution >= 4 is 5.97 Å². The summed E-state index contributed by atoms with van der Waals surface area (Å²) in [6.07, 6.45) is 2.03. The lowest BCUT2D eigenvalue weighted by molar-refractivity contribution is -0.161. The van der Waals surface area contributed by atoms with E-state index in [4.69, 9.17) is 4.74 Å². The van der Waals surface area contributed by atoms with Crippen LogP contribution in [0.1, 0.15) is 54.4 Å². The van der Waals surface area contributed by atoms with Crippen molar-refractivity contribution in [3.8, 4) is 0 Å². The van der Waals surface area contributed by atoms with Gasteiger partial charge >= 0.3 is 5.97 Å². The summed E-state index contributed by atoms with van der Waals surface area (Å²) in [6, 6.07) is 0. The van der Waals surface area contributed by atoms with Gasteiger partial charge in [-0.1, -0.05) is 0 Å². The highest BCUT2D eigenvalue weighted by molar-refractivity contribution is 5.75. The standard InChI is InChI=1S/C14H27NO2/c1-13(2,3)12(16)17-11-7-9-15(10-8-11)14(4,5)6/h11H,7-10H2,1-6H3. The summed E-state index contributed by atoms with van der Waals surface area (Å²) >= 11 is 0. The van der Waals surface area contributed by atoms with Crippen LogP contribution in [-0.2, 0) is 9.53 Å². The highest BCUT2D eigenvalue weighted by atomic mass is 16.5. The minimum absolute atomic E-state index is 0.0771. The molecule has 0 atom stereocenters. The lowest BCUT2D eigenvalue weighted by atomic mass is 9.96. The summed E-state index contributed by atoms with van der Waals surface area (Å²) in [4.78, 5) is 14.2. The fourth-order valence-corrected chi connectivity index (χ4v) is 1.97. The second kappa shape index (κ2) is 4.97. The van der Waals surface area contributed by atoms with Crippen LogP contribution in [0.5, 0.6) is 0 Å². The molecular formula is C14H27NO2. The van der Waals surface area contributed by atoms with E-state index in [9.17, 15) is 4.79 Å². The summed E-state index contributed by atoms with van der Waals surface area (Å²) in [5.41, 5.74) is -0.167. The van der Waals surface area contributed by atoms with Crippen molar-refractivity contribution in [2.24, 2.45) is 5.41 Å². The van der Waals surface area contributed by atoms with Gasteiger partial charge < -0.3 is 4.74 Å². The molecule has 0 spiro atoms. The maximum atomic E-state index is 11.8. The molecule has 100 valence electrons. The molecule has 0 aromatic carbocycles. The summed E-state index contributed by atoms with van der Waals surface area (Å²) < 4.78 is 5.55. The number of carbonyl (C=O) groups is 1. The van der Waals surface area contributed by atoms with Crippen LogP contribution >= 0.6 is 0 Å². The zero-order chi connectivity index (χ0) is 13.3. The van der Waals surface area contributed by atoms with Crippen molar-refractivity contribution in [3.63, 3.8) is 0 Å². The molecule has 1 saturated heterocycles. The number of nitrogens with zero attached hydrogens (tertiary/aromatic N) is 1. The maximum absolute atomic E-state index is 11.8. The average Bonchev–Trinajstić information content (AvgIpc) is 2.15. The molecule has 1 aliphatic heterocycles. The zero-order valence-electron chi connectivity index (χ0n) is 12.2. The fourth-order valence-electron chi connectivity index (χ4n) is 1.97. The molecule has 0 saturated carbocycles. The Morgan fingerprint density at radius 3 is 1.88 bits per heavy atom. The molecule has 0 unspecified atom stereocenters. The smallest absolute Gasteiger partial charge is 0.311 e. The Morgan fingerprint density at radius 1 is 1.06 bits per heavy atom. The topological polar surface area (TPSA) is 29.5 Å². The van der Waals surface area contributed by atoms with E-state index in [0.717, 1.165) is 25.9 Å². The summed E-state index contributed by atoms with van der Waals surface area (Å²) in [6.45, 7) is 14.4. The molecule has 17 heavy (non-hydrogen) atoms. The first-order chi connectivity index (χ1) is 7.60. The predicted molar refractivity (Wildman–Crippen MR) is 69.9 cm³/mol. The van der Waals surface area contributed by atoms with Crippen molar-refractivity contribution in [1.29, 1.82) is 0 Å². The first-order valence-electron chi connectivity index (χ1n) is 6.57. The molecular weight excluding hydrogens is 214 g/mol. The second-order valence-corrected chi connectivity index (χ2v) is 7.01. The number of piperidine rings is 1. The summed E-state index contributed by atoms with van der Waals surface area (Å²) in [7, 11) is 0. The maximum Gasteiger partial charge on any atom is 0.311 e. The third kappa shape index (κ3) is 4.30. The third-order valence-electron chi connectivity index (χ3n) is 3.28. The van der Waals surface area contributed by atoms with Crippen LogP contribution < -0.4 is 0 Å². The lowest BCUT2D eigenvalue weighted by Gasteiger charge is -2.40. The number of ether oxygens (including phenoxy) is 1. The van der Waals surface area contributed by atoms with Gasteiger partial charge in [-0.05, 0) is 54.4 Å². The van der Waals surface area contributed by atoms with E-state index in [1.54, 1.807) is 0 Å². The van der Waals surface area contributed by atoms with Gasteiger partial charge in [0.15, 0.2) is 0 Å². The fraction of sp³-hybridized carbons (Fsp3) is 0.929. The van der Waals surface area contributed by atoms with Crippen LogP contribution in [0.2, 0.25) is 0 Å². The molecule has 0 N–H and O–H groups in total. The second-order valence-electron chi connectivity index (χ2n) is 7.01. The van der Waals surface area contributed by atoms with Crippen LogP contribution in [0.3, 0.4) is 0 Å². The summed E-state index contributed by atoms with van der Waals surface area (Å²) in [5.74, 6) is -0.0771. The molecule has 0 radical (unpaired) electrons. The van der Waals surface area contributed by atoms with Gasteiger partial charge in [0.05, 0.1) is 5.41 Å². The number of rotatable bonds is 1. The number of likely N-dealkylation sites (tertiary alicyclic amines) is 1. The normalized spacial score (nSPS) is 20.4. The van der Waals surface area contributed by atoms with Crippen molar-refractivity contribution < 1.29 is 9.53 Å². The summed E-state index contributed by atoms with van der Waals surface area (Å²) in [5, 5.41) is 0. The molecule has 1 fully saturated rings. The molecule has 1 rings (SSSR count). The van der Waals surface area contributed by atoms with Crippen LogP contribution in [0.15, 0.2) is 0 Å². The minimum atomic E-state index is -0.388. The van der Waals surface area contributed by atoms with E-state index in [-0.39, 0.29) is 23.0 Å². The van der Waals surface area contributed by atoms with E-state index < -0.39 is 0 Å². The Kier molecular flexibility index (Phi) is 4.23. The zero-order valence-corrected chi connectivity index (χ0v) is 12.2. The molecule has 0 bridgehead atoms. The van der Waals surface area contributed by atoms with Crippen molar-refractivity contribution in [1.82, 2.24) is 4.90 Å². The van der Waals surface area contributed by atoms with Gasteiger partial charge in [-0.3, -0.25) is 9.69 Å². The van der Waals surface area contributed by atoms with Gasteiger partial charge in [-0.2, -0.15) is 0 Å².